The summed E-state index contributed by atoms with van der Waals surface area (Å²) in [4.78, 5) is 12.5. The molecule has 0 aliphatic heterocycles. The molecule has 0 heterocycles. The maximum absolute atomic E-state index is 13.2. The average Bonchev–Trinajstić information content (AvgIpc) is 2.68. The molecule has 0 aliphatic carbocycles. The van der Waals surface area contributed by atoms with Gasteiger partial charge in [-0.15, -0.1) is 0 Å². The van der Waals surface area contributed by atoms with Crippen LogP contribution in [0.2, 0.25) is 0 Å². The summed E-state index contributed by atoms with van der Waals surface area (Å²) >= 11 is 3.15. The van der Waals surface area contributed by atoms with Crippen molar-refractivity contribution >= 4 is 27.5 Å². The van der Waals surface area contributed by atoms with Gasteiger partial charge in [0, 0.05) is 15.7 Å². The normalized spacial score (nSPS) is 10.7. The first-order valence-electron chi connectivity index (χ1n) is 8.37. The van der Waals surface area contributed by atoms with E-state index in [-0.39, 0.29) is 11.3 Å². The van der Waals surface area contributed by atoms with Crippen LogP contribution < -0.4 is 14.8 Å². The highest BCUT2D eigenvalue weighted by atomic mass is 79.9. The zero-order valence-electron chi connectivity index (χ0n) is 15.1. The van der Waals surface area contributed by atoms with Crippen molar-refractivity contribution < 1.29 is 27.4 Å². The number of nitrogens with one attached hydrogen (secondary N) is 1. The highest BCUT2D eigenvalue weighted by Gasteiger charge is 2.15. The van der Waals surface area contributed by atoms with Crippen molar-refractivity contribution in [1.29, 1.82) is 0 Å². The minimum absolute atomic E-state index is 0.0360. The first-order chi connectivity index (χ1) is 13.9. The van der Waals surface area contributed by atoms with Crippen LogP contribution in [0.15, 0.2) is 65.1 Å². The van der Waals surface area contributed by atoms with Crippen LogP contribution in [-0.2, 0) is 0 Å². The van der Waals surface area contributed by atoms with Crippen LogP contribution >= 0.6 is 15.9 Å². The number of carbonyl (C=O) groups is 1. The summed E-state index contributed by atoms with van der Waals surface area (Å²) in [6.07, 6.45) is 0. The lowest BCUT2D eigenvalue weighted by Crippen LogP contribution is -2.13. The molecule has 1 N–H and O–H groups in total. The van der Waals surface area contributed by atoms with Gasteiger partial charge in [0.05, 0.1) is 12.7 Å². The summed E-state index contributed by atoms with van der Waals surface area (Å²) in [5.74, 6) is -0.398. The van der Waals surface area contributed by atoms with Crippen LogP contribution in [0.4, 0.5) is 18.9 Å². The Morgan fingerprint density at radius 3 is 2.38 bits per heavy atom. The van der Waals surface area contributed by atoms with Crippen molar-refractivity contribution in [2.75, 3.05) is 12.4 Å². The van der Waals surface area contributed by atoms with Gasteiger partial charge in [-0.3, -0.25) is 4.79 Å². The molecule has 0 atom stereocenters. The Morgan fingerprint density at radius 2 is 1.76 bits per heavy atom. The highest BCUT2D eigenvalue weighted by Crippen LogP contribution is 2.35. The van der Waals surface area contributed by atoms with Crippen molar-refractivity contribution in [3.05, 3.63) is 76.5 Å². The van der Waals surface area contributed by atoms with Crippen molar-refractivity contribution in [2.24, 2.45) is 0 Å². The smallest absolute Gasteiger partial charge is 0.387 e. The van der Waals surface area contributed by atoms with E-state index in [9.17, 15) is 18.0 Å². The third-order valence-corrected chi connectivity index (χ3v) is 4.69. The van der Waals surface area contributed by atoms with Crippen LogP contribution in [-0.4, -0.2) is 19.6 Å². The minimum atomic E-state index is -3.00. The average molecular weight is 466 g/mol. The molecule has 150 valence electrons. The second kappa shape index (κ2) is 9.00. The molecule has 3 aromatic carbocycles. The van der Waals surface area contributed by atoms with Crippen molar-refractivity contribution in [1.82, 2.24) is 0 Å². The third kappa shape index (κ3) is 5.08. The van der Waals surface area contributed by atoms with Gasteiger partial charge in [-0.1, -0.05) is 12.1 Å². The van der Waals surface area contributed by atoms with Gasteiger partial charge in [0.15, 0.2) is 0 Å². The quantitative estimate of drug-likeness (QED) is 0.477. The summed E-state index contributed by atoms with van der Waals surface area (Å²) in [5, 5.41) is 2.67. The number of ether oxygens (including phenoxy) is 2. The number of anilines is 1. The number of carbonyl (C=O) groups excluding carboxylic acids is 1. The fraction of sp³-hybridized carbons (Fsp3) is 0.0952. The molecule has 1 amide bonds. The van der Waals surface area contributed by atoms with Crippen LogP contribution in [0.3, 0.4) is 0 Å². The lowest BCUT2D eigenvalue weighted by atomic mass is 10.0. The molecule has 0 unspecified atom stereocenters. The predicted octanol–water partition coefficient (Wildman–Crippen LogP) is 6.12. The summed E-state index contributed by atoms with van der Waals surface area (Å²) in [6, 6.07) is 14.7. The van der Waals surface area contributed by atoms with E-state index in [1.54, 1.807) is 24.3 Å². The van der Waals surface area contributed by atoms with Crippen LogP contribution in [0.1, 0.15) is 10.4 Å². The molecule has 3 rings (SSSR count). The summed E-state index contributed by atoms with van der Waals surface area (Å²) in [6.45, 7) is -3.00. The molecule has 0 radical (unpaired) electrons. The Hall–Kier alpha value is -3.00. The van der Waals surface area contributed by atoms with Crippen LogP contribution in [0.5, 0.6) is 11.5 Å². The predicted molar refractivity (Wildman–Crippen MR) is 107 cm³/mol. The maximum atomic E-state index is 13.2. The Kier molecular flexibility index (Phi) is 6.43. The standard InChI is InChI=1S/C21H15BrF3NO3/c1-28-15-6-2-12(3-7-15)17-11-14(5-9-19(17)29-21(24)25)26-20(27)16-8-4-13(23)10-18(16)22/h2-11,21H,1H3,(H,26,27). The van der Waals surface area contributed by atoms with Gasteiger partial charge >= 0.3 is 6.61 Å². The first kappa shape index (κ1) is 20.7. The molecule has 29 heavy (non-hydrogen) atoms. The first-order valence-corrected chi connectivity index (χ1v) is 9.16. The monoisotopic (exact) mass is 465 g/mol. The van der Waals surface area contributed by atoms with E-state index >= 15 is 0 Å². The number of methoxy groups -OCH3 is 1. The maximum Gasteiger partial charge on any atom is 0.387 e. The van der Waals surface area contributed by atoms with Gasteiger partial charge < -0.3 is 14.8 Å². The van der Waals surface area contributed by atoms with Crippen molar-refractivity contribution in [3.63, 3.8) is 0 Å². The summed E-state index contributed by atoms with van der Waals surface area (Å²) < 4.78 is 48.8. The Labute approximate surface area is 173 Å². The lowest BCUT2D eigenvalue weighted by molar-refractivity contribution is -0.0494. The van der Waals surface area contributed by atoms with E-state index in [4.69, 9.17) is 4.74 Å². The zero-order chi connectivity index (χ0) is 21.0. The van der Waals surface area contributed by atoms with E-state index < -0.39 is 18.3 Å². The molecular weight excluding hydrogens is 451 g/mol. The Bertz CT molecular complexity index is 1030. The topological polar surface area (TPSA) is 47.6 Å². The molecule has 8 heteroatoms. The second-order valence-electron chi connectivity index (χ2n) is 5.90. The van der Waals surface area contributed by atoms with Gasteiger partial charge in [-0.25, -0.2) is 4.39 Å². The van der Waals surface area contributed by atoms with E-state index in [2.05, 4.69) is 26.0 Å². The van der Waals surface area contributed by atoms with Crippen LogP contribution in [0.25, 0.3) is 11.1 Å². The number of benzene rings is 3. The van der Waals surface area contributed by atoms with E-state index in [1.807, 2.05) is 0 Å². The van der Waals surface area contributed by atoms with Gasteiger partial charge in [0.25, 0.3) is 5.91 Å². The number of amides is 1. The van der Waals surface area contributed by atoms with Gasteiger partial charge in [0.2, 0.25) is 0 Å². The molecule has 0 fully saturated rings. The van der Waals surface area contributed by atoms with Gasteiger partial charge in [-0.2, -0.15) is 8.78 Å². The SMILES string of the molecule is COc1ccc(-c2cc(NC(=O)c3ccc(F)cc3Br)ccc2OC(F)F)cc1. The number of halogens is 4. The fourth-order valence-corrected chi connectivity index (χ4v) is 3.21. The van der Waals surface area contributed by atoms with Gasteiger partial charge in [0.1, 0.15) is 17.3 Å². The summed E-state index contributed by atoms with van der Waals surface area (Å²) in [5.41, 5.74) is 1.55. The zero-order valence-corrected chi connectivity index (χ0v) is 16.7. The number of hydrogen-bond donors (Lipinski definition) is 1. The molecule has 0 saturated heterocycles. The molecule has 0 bridgehead atoms. The van der Waals surface area contributed by atoms with E-state index in [0.29, 0.717) is 27.0 Å². The molecule has 3 aromatic rings. The van der Waals surface area contributed by atoms with Gasteiger partial charge in [-0.05, 0) is 70.0 Å². The molecular formula is C21H15BrF3NO3. The molecule has 0 spiro atoms. The van der Waals surface area contributed by atoms with Crippen LogP contribution in [0, 0.1) is 5.82 Å². The number of hydrogen-bond acceptors (Lipinski definition) is 3. The minimum Gasteiger partial charge on any atom is -0.497 e. The van der Waals surface area contributed by atoms with Crippen molar-refractivity contribution in [2.45, 2.75) is 6.61 Å². The lowest BCUT2D eigenvalue weighted by Gasteiger charge is -2.14. The van der Waals surface area contributed by atoms with E-state index in [1.165, 1.54) is 43.5 Å². The van der Waals surface area contributed by atoms with E-state index in [0.717, 1.165) is 0 Å². The largest absolute Gasteiger partial charge is 0.497 e. The Morgan fingerprint density at radius 1 is 1.03 bits per heavy atom. The third-order valence-electron chi connectivity index (χ3n) is 4.03. The molecule has 0 aromatic heterocycles. The molecule has 0 aliphatic rings. The Balaban J connectivity index is 1.94. The highest BCUT2D eigenvalue weighted by molar-refractivity contribution is 9.10. The van der Waals surface area contributed by atoms with Crippen molar-refractivity contribution in [3.8, 4) is 22.6 Å². The number of alkyl halides is 2. The number of rotatable bonds is 6. The second-order valence-corrected chi connectivity index (χ2v) is 6.75. The molecule has 4 nitrogen and oxygen atoms in total. The summed E-state index contributed by atoms with van der Waals surface area (Å²) in [7, 11) is 1.52. The molecule has 0 saturated carbocycles. The fourth-order valence-electron chi connectivity index (χ4n) is 2.67.